The second-order valence-corrected chi connectivity index (χ2v) is 6.75. The van der Waals surface area contributed by atoms with E-state index in [1.54, 1.807) is 0 Å². The van der Waals surface area contributed by atoms with Crippen LogP contribution in [0.25, 0.3) is 0 Å². The Bertz CT molecular complexity index is 707. The fraction of sp³-hybridized carbons (Fsp3) is 0.600. The van der Waals surface area contributed by atoms with Gasteiger partial charge < -0.3 is 14.9 Å². The Morgan fingerprint density at radius 3 is 2.60 bits per heavy atom. The molecule has 20 heavy (non-hydrogen) atoms. The highest BCUT2D eigenvalue weighted by Crippen LogP contribution is 2.32. The van der Waals surface area contributed by atoms with E-state index in [2.05, 4.69) is 0 Å². The molecule has 112 valence electrons. The Labute approximate surface area is 113 Å². The van der Waals surface area contributed by atoms with E-state index < -0.39 is 51.4 Å². The topological polar surface area (TPSA) is 139 Å². The summed E-state index contributed by atoms with van der Waals surface area (Å²) in [5.74, 6) is 0. The standard InChI is InChI=1S/C10H14N2O7S/c1-20(17,18)8-7(15)5(4-13)19-9(8)12-3-2-6(14)11-10(12)16/h2-3,5,7-9,13,15H,4H2,1H3,(H,11,14,16)/t5-,7-,8?,9-/m1/s1. The molecule has 1 unspecified atom stereocenters. The highest BCUT2D eigenvalue weighted by Gasteiger charge is 2.50. The van der Waals surface area contributed by atoms with E-state index >= 15 is 0 Å². The summed E-state index contributed by atoms with van der Waals surface area (Å²) < 4.78 is 29.6. The van der Waals surface area contributed by atoms with Crippen molar-refractivity contribution < 1.29 is 23.4 Å². The molecule has 1 fully saturated rings. The highest BCUT2D eigenvalue weighted by molar-refractivity contribution is 7.91. The van der Waals surface area contributed by atoms with E-state index in [0.717, 1.165) is 23.1 Å². The summed E-state index contributed by atoms with van der Waals surface area (Å²) in [7, 11) is -3.76. The van der Waals surface area contributed by atoms with Crippen molar-refractivity contribution in [3.63, 3.8) is 0 Å². The van der Waals surface area contributed by atoms with Gasteiger partial charge in [-0.1, -0.05) is 0 Å². The van der Waals surface area contributed by atoms with Crippen molar-refractivity contribution in [2.45, 2.75) is 23.7 Å². The normalized spacial score (nSPS) is 30.6. The summed E-state index contributed by atoms with van der Waals surface area (Å²) in [5.41, 5.74) is -1.50. The summed E-state index contributed by atoms with van der Waals surface area (Å²) in [6.45, 7) is -0.595. The second kappa shape index (κ2) is 5.13. The average molecular weight is 306 g/mol. The first-order valence-corrected chi connectivity index (χ1v) is 7.66. The third-order valence-electron chi connectivity index (χ3n) is 3.11. The van der Waals surface area contributed by atoms with Gasteiger partial charge >= 0.3 is 5.69 Å². The van der Waals surface area contributed by atoms with E-state index in [0.29, 0.717) is 0 Å². The number of aromatic nitrogens is 2. The number of rotatable bonds is 3. The lowest BCUT2D eigenvalue weighted by Crippen LogP contribution is -2.41. The number of hydrogen-bond acceptors (Lipinski definition) is 7. The molecular weight excluding hydrogens is 292 g/mol. The van der Waals surface area contributed by atoms with Crippen molar-refractivity contribution in [3.8, 4) is 0 Å². The maximum atomic E-state index is 11.8. The third-order valence-corrected chi connectivity index (χ3v) is 4.61. The lowest BCUT2D eigenvalue weighted by atomic mass is 10.2. The molecule has 0 spiro atoms. The Balaban J connectivity index is 2.53. The number of aliphatic hydroxyl groups is 2. The summed E-state index contributed by atoms with van der Waals surface area (Å²) in [6, 6.07) is 1.03. The molecule has 0 aliphatic carbocycles. The van der Waals surface area contributed by atoms with E-state index in [9.17, 15) is 23.1 Å². The molecule has 0 radical (unpaired) electrons. The Morgan fingerprint density at radius 1 is 1.45 bits per heavy atom. The number of ether oxygens (including phenoxy) is 1. The van der Waals surface area contributed by atoms with Gasteiger partial charge in [0.05, 0.1) is 6.61 Å². The SMILES string of the molecule is CS(=O)(=O)C1[C@H](n2ccc(=O)[nH]c2=O)O[C@H](CO)[C@H]1O. The van der Waals surface area contributed by atoms with Crippen LogP contribution in [-0.2, 0) is 14.6 Å². The van der Waals surface area contributed by atoms with E-state index in [4.69, 9.17) is 9.84 Å². The molecule has 2 rings (SSSR count). The maximum absolute atomic E-state index is 11.8. The van der Waals surface area contributed by atoms with Crippen molar-refractivity contribution in [2.75, 3.05) is 12.9 Å². The molecule has 1 saturated heterocycles. The third kappa shape index (κ3) is 2.54. The predicted molar refractivity (Wildman–Crippen MR) is 67.0 cm³/mol. The van der Waals surface area contributed by atoms with Crippen LogP contribution in [0, 0.1) is 0 Å². The van der Waals surface area contributed by atoms with Crippen LogP contribution in [0.15, 0.2) is 21.9 Å². The molecule has 0 saturated carbocycles. The number of aromatic amines is 1. The Kier molecular flexibility index (Phi) is 3.82. The molecule has 1 aromatic heterocycles. The van der Waals surface area contributed by atoms with Crippen LogP contribution in [0.3, 0.4) is 0 Å². The summed E-state index contributed by atoms with van der Waals surface area (Å²) in [6.07, 6.45) is -1.94. The first kappa shape index (κ1) is 14.9. The lowest BCUT2D eigenvalue weighted by molar-refractivity contribution is -0.0457. The Morgan fingerprint density at radius 2 is 2.10 bits per heavy atom. The van der Waals surface area contributed by atoms with Crippen LogP contribution in [0.4, 0.5) is 0 Å². The minimum atomic E-state index is -3.76. The van der Waals surface area contributed by atoms with Gasteiger partial charge in [-0.05, 0) is 0 Å². The molecule has 3 N–H and O–H groups in total. The number of H-pyrrole nitrogens is 1. The molecule has 0 aromatic carbocycles. The first-order chi connectivity index (χ1) is 9.25. The van der Waals surface area contributed by atoms with Gasteiger partial charge in [0, 0.05) is 18.5 Å². The van der Waals surface area contributed by atoms with Gasteiger partial charge in [-0.15, -0.1) is 0 Å². The number of aliphatic hydroxyl groups excluding tert-OH is 2. The molecule has 0 amide bonds. The van der Waals surface area contributed by atoms with Crippen LogP contribution in [-0.4, -0.2) is 58.5 Å². The lowest BCUT2D eigenvalue weighted by Gasteiger charge is -2.19. The number of nitrogens with zero attached hydrogens (tertiary/aromatic N) is 1. The molecule has 9 nitrogen and oxygen atoms in total. The molecular formula is C10H14N2O7S. The highest BCUT2D eigenvalue weighted by atomic mass is 32.2. The summed E-state index contributed by atoms with van der Waals surface area (Å²) in [5, 5.41) is 17.6. The molecule has 1 aliphatic heterocycles. The maximum Gasteiger partial charge on any atom is 0.330 e. The average Bonchev–Trinajstić information content (AvgIpc) is 2.65. The molecule has 1 aliphatic rings. The van der Waals surface area contributed by atoms with Gasteiger partial charge in [0.1, 0.15) is 17.5 Å². The Hall–Kier alpha value is -1.49. The molecule has 10 heteroatoms. The van der Waals surface area contributed by atoms with E-state index in [-0.39, 0.29) is 0 Å². The number of sulfone groups is 1. The van der Waals surface area contributed by atoms with Crippen LogP contribution in [0.2, 0.25) is 0 Å². The smallest absolute Gasteiger partial charge is 0.330 e. The van der Waals surface area contributed by atoms with Crippen molar-refractivity contribution in [1.82, 2.24) is 9.55 Å². The minimum absolute atomic E-state index is 0.595. The van der Waals surface area contributed by atoms with Gasteiger partial charge in [-0.25, -0.2) is 13.2 Å². The van der Waals surface area contributed by atoms with Crippen LogP contribution in [0.1, 0.15) is 6.23 Å². The van der Waals surface area contributed by atoms with Crippen LogP contribution >= 0.6 is 0 Å². The summed E-state index contributed by atoms with van der Waals surface area (Å²) in [4.78, 5) is 24.7. The van der Waals surface area contributed by atoms with Crippen molar-refractivity contribution in [1.29, 1.82) is 0 Å². The van der Waals surface area contributed by atoms with E-state index in [1.807, 2.05) is 4.98 Å². The quantitative estimate of drug-likeness (QED) is 0.548. The van der Waals surface area contributed by atoms with Crippen LogP contribution < -0.4 is 11.2 Å². The predicted octanol–water partition coefficient (Wildman–Crippen LogP) is -2.80. The zero-order chi connectivity index (χ0) is 15.1. The molecule has 1 aromatic rings. The number of nitrogens with one attached hydrogen (secondary N) is 1. The molecule has 4 atom stereocenters. The van der Waals surface area contributed by atoms with Crippen molar-refractivity contribution >= 4 is 9.84 Å². The van der Waals surface area contributed by atoms with Gasteiger partial charge in [0.15, 0.2) is 16.1 Å². The number of hydrogen-bond donors (Lipinski definition) is 3. The molecule has 2 heterocycles. The first-order valence-electron chi connectivity index (χ1n) is 5.70. The van der Waals surface area contributed by atoms with Crippen molar-refractivity contribution in [2.24, 2.45) is 0 Å². The fourth-order valence-corrected chi connectivity index (χ4v) is 3.48. The van der Waals surface area contributed by atoms with Crippen molar-refractivity contribution in [3.05, 3.63) is 33.1 Å². The largest absolute Gasteiger partial charge is 0.394 e. The van der Waals surface area contributed by atoms with Gasteiger partial charge in [0.2, 0.25) is 0 Å². The monoisotopic (exact) mass is 306 g/mol. The zero-order valence-corrected chi connectivity index (χ0v) is 11.3. The summed E-state index contributed by atoms with van der Waals surface area (Å²) >= 11 is 0. The fourth-order valence-electron chi connectivity index (χ4n) is 2.18. The van der Waals surface area contributed by atoms with Gasteiger partial charge in [0.25, 0.3) is 5.56 Å². The second-order valence-electron chi connectivity index (χ2n) is 4.55. The minimum Gasteiger partial charge on any atom is -0.394 e. The van der Waals surface area contributed by atoms with Crippen LogP contribution in [0.5, 0.6) is 0 Å². The van der Waals surface area contributed by atoms with Gasteiger partial charge in [-0.2, -0.15) is 0 Å². The molecule has 0 bridgehead atoms. The van der Waals surface area contributed by atoms with Gasteiger partial charge in [-0.3, -0.25) is 14.3 Å². The zero-order valence-electron chi connectivity index (χ0n) is 10.5. The van der Waals surface area contributed by atoms with E-state index in [1.165, 1.54) is 0 Å².